The molecule has 7 heteroatoms. The molecule has 2 rings (SSSR count). The van der Waals surface area contributed by atoms with E-state index in [2.05, 4.69) is 21.2 Å². The number of nitrogens with zero attached hydrogens (tertiary/aromatic N) is 1. The van der Waals surface area contributed by atoms with Crippen molar-refractivity contribution in [3.05, 3.63) is 63.6 Å². The van der Waals surface area contributed by atoms with Gasteiger partial charge in [-0.15, -0.1) is 11.8 Å². The third-order valence-electron chi connectivity index (χ3n) is 4.30. The maximum absolute atomic E-state index is 12.8. The van der Waals surface area contributed by atoms with Crippen LogP contribution in [0.1, 0.15) is 25.3 Å². The van der Waals surface area contributed by atoms with Gasteiger partial charge < -0.3 is 10.2 Å². The Morgan fingerprint density at radius 3 is 2.39 bits per heavy atom. The van der Waals surface area contributed by atoms with Crippen molar-refractivity contribution in [2.75, 3.05) is 12.8 Å². The number of hydrogen-bond donors (Lipinski definition) is 1. The zero-order valence-electron chi connectivity index (χ0n) is 16.0. The highest BCUT2D eigenvalue weighted by atomic mass is 79.9. The minimum atomic E-state index is -0.523. The quantitative estimate of drug-likeness (QED) is 0.397. The molecule has 4 nitrogen and oxygen atoms in total. The molecule has 0 bridgehead atoms. The maximum Gasteiger partial charge on any atom is 0.242 e. The molecule has 0 spiro atoms. The number of benzene rings is 2. The van der Waals surface area contributed by atoms with Crippen LogP contribution in [0.4, 0.5) is 0 Å². The summed E-state index contributed by atoms with van der Waals surface area (Å²) >= 11 is 11.0. The van der Waals surface area contributed by atoms with Gasteiger partial charge in [0.05, 0.1) is 0 Å². The SMILES string of the molecule is CNC(=O)C(C)N(Cc1ccc(Br)cc1)C(=O)CCCSc1ccc(Cl)cc1. The van der Waals surface area contributed by atoms with Gasteiger partial charge >= 0.3 is 0 Å². The fourth-order valence-corrected chi connectivity index (χ4v) is 3.91. The van der Waals surface area contributed by atoms with E-state index < -0.39 is 6.04 Å². The van der Waals surface area contributed by atoms with Gasteiger partial charge in [0.2, 0.25) is 11.8 Å². The predicted molar refractivity (Wildman–Crippen MR) is 120 cm³/mol. The molecular weight excluding hydrogens is 460 g/mol. The van der Waals surface area contributed by atoms with Gasteiger partial charge in [0.1, 0.15) is 6.04 Å². The second-order valence-corrected chi connectivity index (χ2v) is 8.86. The van der Waals surface area contributed by atoms with Crippen molar-refractivity contribution < 1.29 is 9.59 Å². The maximum atomic E-state index is 12.8. The second-order valence-electron chi connectivity index (χ2n) is 6.34. The van der Waals surface area contributed by atoms with Crippen molar-refractivity contribution >= 4 is 51.1 Å². The number of halogens is 2. The first kappa shape index (κ1) is 22.8. The van der Waals surface area contributed by atoms with Crippen LogP contribution >= 0.6 is 39.3 Å². The van der Waals surface area contributed by atoms with Gasteiger partial charge in [-0.1, -0.05) is 39.7 Å². The fraction of sp³-hybridized carbons (Fsp3) is 0.333. The van der Waals surface area contributed by atoms with Crippen LogP contribution in [0.25, 0.3) is 0 Å². The van der Waals surface area contributed by atoms with E-state index in [-0.39, 0.29) is 11.8 Å². The van der Waals surface area contributed by atoms with Crippen LogP contribution in [0.15, 0.2) is 57.9 Å². The van der Waals surface area contributed by atoms with Crippen LogP contribution in [-0.4, -0.2) is 35.6 Å². The number of rotatable bonds is 9. The first-order valence-electron chi connectivity index (χ1n) is 9.04. The molecule has 150 valence electrons. The highest BCUT2D eigenvalue weighted by Crippen LogP contribution is 2.22. The molecule has 0 aromatic heterocycles. The molecule has 0 saturated carbocycles. The summed E-state index contributed by atoms with van der Waals surface area (Å²) in [6.07, 6.45) is 1.14. The average Bonchev–Trinajstić information content (AvgIpc) is 2.70. The Morgan fingerprint density at radius 2 is 1.79 bits per heavy atom. The Balaban J connectivity index is 1.94. The van der Waals surface area contributed by atoms with E-state index in [1.807, 2.05) is 48.5 Å². The minimum Gasteiger partial charge on any atom is -0.357 e. The summed E-state index contributed by atoms with van der Waals surface area (Å²) in [5, 5.41) is 3.35. The van der Waals surface area contributed by atoms with Crippen molar-refractivity contribution in [3.63, 3.8) is 0 Å². The van der Waals surface area contributed by atoms with Gasteiger partial charge in [-0.25, -0.2) is 0 Å². The van der Waals surface area contributed by atoms with Crippen molar-refractivity contribution in [3.8, 4) is 0 Å². The molecule has 2 aromatic rings. The van der Waals surface area contributed by atoms with Gasteiger partial charge in [-0.2, -0.15) is 0 Å². The Labute approximate surface area is 184 Å². The molecule has 1 N–H and O–H groups in total. The molecule has 0 aliphatic carbocycles. The highest BCUT2D eigenvalue weighted by molar-refractivity contribution is 9.10. The van der Waals surface area contributed by atoms with Crippen LogP contribution in [0, 0.1) is 0 Å². The third kappa shape index (κ3) is 7.15. The second kappa shape index (κ2) is 11.5. The summed E-state index contributed by atoms with van der Waals surface area (Å²) in [6, 6.07) is 14.9. The number of likely N-dealkylation sites (N-methyl/N-ethyl adjacent to an activating group) is 1. The van der Waals surface area contributed by atoms with Gasteiger partial charge in [0, 0.05) is 34.4 Å². The predicted octanol–water partition coefficient (Wildman–Crippen LogP) is 5.14. The van der Waals surface area contributed by atoms with E-state index in [0.717, 1.165) is 27.1 Å². The molecule has 0 aliphatic rings. The smallest absolute Gasteiger partial charge is 0.242 e. The number of carbonyl (C=O) groups is 2. The zero-order valence-corrected chi connectivity index (χ0v) is 19.1. The van der Waals surface area contributed by atoms with E-state index >= 15 is 0 Å². The van der Waals surface area contributed by atoms with Crippen molar-refractivity contribution in [2.45, 2.75) is 37.2 Å². The van der Waals surface area contributed by atoms with E-state index in [1.165, 1.54) is 0 Å². The van der Waals surface area contributed by atoms with Crippen LogP contribution in [0.2, 0.25) is 5.02 Å². The van der Waals surface area contributed by atoms with Gasteiger partial charge in [0.15, 0.2) is 0 Å². The summed E-state index contributed by atoms with van der Waals surface area (Å²) in [4.78, 5) is 27.7. The molecule has 28 heavy (non-hydrogen) atoms. The standard InChI is InChI=1S/C21H24BrClN2O2S/c1-15(21(27)24-2)25(14-16-5-7-17(22)8-6-16)20(26)4-3-13-28-19-11-9-18(23)10-12-19/h5-12,15H,3-4,13-14H2,1-2H3,(H,24,27). The Kier molecular flexibility index (Phi) is 9.35. The van der Waals surface area contributed by atoms with E-state index in [0.29, 0.717) is 18.0 Å². The lowest BCUT2D eigenvalue weighted by Gasteiger charge is -2.28. The molecule has 0 heterocycles. The molecular formula is C21H24BrClN2O2S. The van der Waals surface area contributed by atoms with Crippen LogP contribution in [0.5, 0.6) is 0 Å². The lowest BCUT2D eigenvalue weighted by molar-refractivity contribution is -0.140. The van der Waals surface area contributed by atoms with Gasteiger partial charge in [-0.05, 0) is 61.1 Å². The summed E-state index contributed by atoms with van der Waals surface area (Å²) < 4.78 is 0.979. The molecule has 2 aromatic carbocycles. The molecule has 0 fully saturated rings. The largest absolute Gasteiger partial charge is 0.357 e. The molecule has 0 radical (unpaired) electrons. The van der Waals surface area contributed by atoms with Crippen molar-refractivity contribution in [2.24, 2.45) is 0 Å². The van der Waals surface area contributed by atoms with E-state index in [9.17, 15) is 9.59 Å². The average molecular weight is 484 g/mol. The molecule has 1 atom stereocenters. The van der Waals surface area contributed by atoms with Gasteiger partial charge in [-0.3, -0.25) is 9.59 Å². The van der Waals surface area contributed by atoms with Crippen LogP contribution in [0.3, 0.4) is 0 Å². The summed E-state index contributed by atoms with van der Waals surface area (Å²) in [7, 11) is 1.59. The van der Waals surface area contributed by atoms with Crippen LogP contribution in [-0.2, 0) is 16.1 Å². The Hall–Kier alpha value is -1.50. The lowest BCUT2D eigenvalue weighted by atomic mass is 10.1. The number of thioether (sulfide) groups is 1. The number of nitrogens with one attached hydrogen (secondary N) is 1. The van der Waals surface area contributed by atoms with Crippen molar-refractivity contribution in [1.29, 1.82) is 0 Å². The number of carbonyl (C=O) groups excluding carboxylic acids is 2. The Morgan fingerprint density at radius 1 is 1.14 bits per heavy atom. The summed E-state index contributed by atoms with van der Waals surface area (Å²) in [6.45, 7) is 2.17. The van der Waals surface area contributed by atoms with E-state index in [4.69, 9.17) is 11.6 Å². The fourth-order valence-electron chi connectivity index (χ4n) is 2.67. The molecule has 0 aliphatic heterocycles. The first-order chi connectivity index (χ1) is 13.4. The molecule has 0 saturated heterocycles. The summed E-state index contributed by atoms with van der Waals surface area (Å²) in [5.41, 5.74) is 0.989. The Bertz CT molecular complexity index is 784. The van der Waals surface area contributed by atoms with Crippen molar-refractivity contribution in [1.82, 2.24) is 10.2 Å². The summed E-state index contributed by atoms with van der Waals surface area (Å²) in [5.74, 6) is 0.644. The third-order valence-corrected chi connectivity index (χ3v) is 6.18. The normalized spacial score (nSPS) is 11.7. The minimum absolute atomic E-state index is 0.0178. The van der Waals surface area contributed by atoms with Crippen LogP contribution < -0.4 is 5.32 Å². The first-order valence-corrected chi connectivity index (χ1v) is 11.2. The molecule has 1 unspecified atom stereocenters. The number of hydrogen-bond acceptors (Lipinski definition) is 3. The van der Waals surface area contributed by atoms with Gasteiger partial charge in [0.25, 0.3) is 0 Å². The number of amides is 2. The van der Waals surface area contributed by atoms with E-state index in [1.54, 1.807) is 30.6 Å². The topological polar surface area (TPSA) is 49.4 Å². The lowest BCUT2D eigenvalue weighted by Crippen LogP contribution is -2.46. The highest BCUT2D eigenvalue weighted by Gasteiger charge is 2.25. The monoisotopic (exact) mass is 482 g/mol. The molecule has 2 amide bonds. The zero-order chi connectivity index (χ0) is 20.5.